The predicted molar refractivity (Wildman–Crippen MR) is 100 cm³/mol. The molecule has 2 N–H and O–H groups in total. The summed E-state index contributed by atoms with van der Waals surface area (Å²) >= 11 is 0. The maximum Gasteiger partial charge on any atom is 0.270 e. The Labute approximate surface area is 159 Å². The summed E-state index contributed by atoms with van der Waals surface area (Å²) in [7, 11) is 0. The zero-order valence-corrected chi connectivity index (χ0v) is 15.1. The molecule has 8 nitrogen and oxygen atoms in total. The number of carbonyl (C=O) groups excluding carboxylic acids is 2. The number of aryl methyl sites for hydroxylation is 2. The van der Waals surface area contributed by atoms with E-state index in [1.165, 1.54) is 6.26 Å². The average Bonchev–Trinajstić information content (AvgIpc) is 3.36. The monoisotopic (exact) mass is 376 g/mol. The number of hydrazine groups is 1. The summed E-state index contributed by atoms with van der Waals surface area (Å²) < 4.78 is 10.6. The number of hydrogen-bond acceptors (Lipinski definition) is 6. The van der Waals surface area contributed by atoms with Gasteiger partial charge in [-0.25, -0.2) is 4.98 Å². The summed E-state index contributed by atoms with van der Waals surface area (Å²) in [6.07, 6.45) is 1.51. The quantitative estimate of drug-likeness (QED) is 0.532. The van der Waals surface area contributed by atoms with E-state index in [-0.39, 0.29) is 11.3 Å². The van der Waals surface area contributed by atoms with Crippen molar-refractivity contribution in [3.63, 3.8) is 0 Å². The Kier molecular flexibility index (Phi) is 4.36. The second-order valence-corrected chi connectivity index (χ2v) is 6.20. The Bertz CT molecular complexity index is 1180. The van der Waals surface area contributed by atoms with Crippen LogP contribution in [0, 0.1) is 13.8 Å². The van der Waals surface area contributed by atoms with E-state index in [1.807, 2.05) is 19.1 Å². The van der Waals surface area contributed by atoms with E-state index in [0.29, 0.717) is 28.1 Å². The van der Waals surface area contributed by atoms with Gasteiger partial charge in [0.1, 0.15) is 5.69 Å². The van der Waals surface area contributed by atoms with E-state index >= 15 is 0 Å². The molecular weight excluding hydrogens is 360 g/mol. The van der Waals surface area contributed by atoms with Crippen LogP contribution in [-0.2, 0) is 0 Å². The minimum atomic E-state index is -0.520. The fourth-order valence-electron chi connectivity index (χ4n) is 2.90. The van der Waals surface area contributed by atoms with Crippen molar-refractivity contribution in [3.05, 3.63) is 71.1 Å². The molecule has 0 aliphatic carbocycles. The molecular formula is C20H16N4O4. The molecule has 1 aromatic carbocycles. The summed E-state index contributed by atoms with van der Waals surface area (Å²) in [6, 6.07) is 12.1. The summed E-state index contributed by atoms with van der Waals surface area (Å²) in [5.41, 5.74) is 7.56. The van der Waals surface area contributed by atoms with Gasteiger partial charge >= 0.3 is 0 Å². The first-order valence-electron chi connectivity index (χ1n) is 8.52. The molecule has 0 aliphatic rings. The summed E-state index contributed by atoms with van der Waals surface area (Å²) in [4.78, 5) is 29.5. The lowest BCUT2D eigenvalue weighted by atomic mass is 10.1. The van der Waals surface area contributed by atoms with Crippen molar-refractivity contribution < 1.29 is 18.5 Å². The van der Waals surface area contributed by atoms with Crippen LogP contribution >= 0.6 is 0 Å². The largest absolute Gasteiger partial charge is 0.463 e. The molecule has 0 unspecified atom stereocenters. The normalized spacial score (nSPS) is 10.8. The average molecular weight is 376 g/mol. The first kappa shape index (κ1) is 17.5. The molecule has 140 valence electrons. The highest BCUT2D eigenvalue weighted by molar-refractivity contribution is 6.08. The van der Waals surface area contributed by atoms with Crippen LogP contribution in [0.5, 0.6) is 0 Å². The first-order chi connectivity index (χ1) is 13.5. The number of nitrogens with zero attached hydrogens (tertiary/aromatic N) is 2. The van der Waals surface area contributed by atoms with Gasteiger partial charge < -0.3 is 8.94 Å². The summed E-state index contributed by atoms with van der Waals surface area (Å²) in [5.74, 6) is -0.451. The molecule has 4 aromatic rings. The molecule has 0 fully saturated rings. The van der Waals surface area contributed by atoms with E-state index in [0.717, 1.165) is 5.56 Å². The molecule has 8 heteroatoms. The van der Waals surface area contributed by atoms with Crippen LogP contribution in [-0.4, -0.2) is 22.0 Å². The molecule has 0 atom stereocenters. The molecule has 0 spiro atoms. The molecule has 2 amide bonds. The Hall–Kier alpha value is -3.94. The van der Waals surface area contributed by atoms with Crippen LogP contribution < -0.4 is 10.9 Å². The third-order valence-electron chi connectivity index (χ3n) is 4.31. The van der Waals surface area contributed by atoms with Gasteiger partial charge in [-0.15, -0.1) is 0 Å². The lowest BCUT2D eigenvalue weighted by molar-refractivity contribution is 0.0847. The van der Waals surface area contributed by atoms with Gasteiger partial charge in [0.05, 0.1) is 22.9 Å². The molecule has 0 saturated heterocycles. The SMILES string of the molecule is Cc1ccccc1C(=O)NNC(=O)c1cc(-c2ccco2)nc2onc(C)c12. The van der Waals surface area contributed by atoms with Crippen LogP contribution in [0.2, 0.25) is 0 Å². The van der Waals surface area contributed by atoms with Gasteiger partial charge in [-0.2, -0.15) is 0 Å². The van der Waals surface area contributed by atoms with Gasteiger partial charge in [-0.05, 0) is 43.7 Å². The van der Waals surface area contributed by atoms with Crippen LogP contribution in [0.1, 0.15) is 32.0 Å². The lowest BCUT2D eigenvalue weighted by Crippen LogP contribution is -2.42. The lowest BCUT2D eigenvalue weighted by Gasteiger charge is -2.10. The van der Waals surface area contributed by atoms with Gasteiger partial charge in [0, 0.05) is 5.56 Å². The number of aromatic nitrogens is 2. The van der Waals surface area contributed by atoms with E-state index < -0.39 is 11.8 Å². The number of furan rings is 1. The fraction of sp³-hybridized carbons (Fsp3) is 0.100. The van der Waals surface area contributed by atoms with Crippen molar-refractivity contribution in [2.24, 2.45) is 0 Å². The van der Waals surface area contributed by atoms with Crippen LogP contribution in [0.25, 0.3) is 22.6 Å². The molecule has 4 rings (SSSR count). The number of hydrogen-bond donors (Lipinski definition) is 2. The number of carbonyl (C=O) groups is 2. The number of fused-ring (bicyclic) bond motifs is 1. The van der Waals surface area contributed by atoms with Crippen molar-refractivity contribution in [2.75, 3.05) is 0 Å². The van der Waals surface area contributed by atoms with Gasteiger partial charge in [0.25, 0.3) is 17.5 Å². The summed E-state index contributed by atoms with van der Waals surface area (Å²) in [6.45, 7) is 3.53. The molecule has 0 saturated carbocycles. The number of pyridine rings is 1. The number of amides is 2. The highest BCUT2D eigenvalue weighted by atomic mass is 16.5. The van der Waals surface area contributed by atoms with Gasteiger partial charge in [0.15, 0.2) is 5.76 Å². The fourth-order valence-corrected chi connectivity index (χ4v) is 2.90. The van der Waals surface area contributed by atoms with Gasteiger partial charge in [-0.3, -0.25) is 20.4 Å². The van der Waals surface area contributed by atoms with E-state index in [2.05, 4.69) is 21.0 Å². The van der Waals surface area contributed by atoms with E-state index in [4.69, 9.17) is 8.94 Å². The number of rotatable bonds is 3. The highest BCUT2D eigenvalue weighted by Crippen LogP contribution is 2.27. The minimum absolute atomic E-state index is 0.210. The Morgan fingerprint density at radius 1 is 0.964 bits per heavy atom. The Morgan fingerprint density at radius 2 is 1.71 bits per heavy atom. The maximum absolute atomic E-state index is 12.8. The van der Waals surface area contributed by atoms with E-state index in [9.17, 15) is 9.59 Å². The number of nitrogens with one attached hydrogen (secondary N) is 2. The van der Waals surface area contributed by atoms with Crippen molar-refractivity contribution in [1.29, 1.82) is 0 Å². The smallest absolute Gasteiger partial charge is 0.270 e. The van der Waals surface area contributed by atoms with Crippen molar-refractivity contribution >= 4 is 22.9 Å². The van der Waals surface area contributed by atoms with Gasteiger partial charge in [-0.1, -0.05) is 23.4 Å². The van der Waals surface area contributed by atoms with Crippen LogP contribution in [0.4, 0.5) is 0 Å². The standard InChI is InChI=1S/C20H16N4O4/c1-11-6-3-4-7-13(11)18(25)22-23-19(26)14-10-15(16-8-5-9-27-16)21-20-17(14)12(2)24-28-20/h3-10H,1-2H3,(H,22,25)(H,23,26). The zero-order chi connectivity index (χ0) is 19.7. The minimum Gasteiger partial charge on any atom is -0.463 e. The zero-order valence-electron chi connectivity index (χ0n) is 15.1. The van der Waals surface area contributed by atoms with Gasteiger partial charge in [0.2, 0.25) is 0 Å². The second-order valence-electron chi connectivity index (χ2n) is 6.20. The molecule has 0 radical (unpaired) electrons. The molecule has 0 bridgehead atoms. The Morgan fingerprint density at radius 3 is 2.43 bits per heavy atom. The third-order valence-corrected chi connectivity index (χ3v) is 4.31. The van der Waals surface area contributed by atoms with Crippen LogP contribution in [0.3, 0.4) is 0 Å². The van der Waals surface area contributed by atoms with Crippen molar-refractivity contribution in [3.8, 4) is 11.5 Å². The van der Waals surface area contributed by atoms with Crippen LogP contribution in [0.15, 0.2) is 57.7 Å². The van der Waals surface area contributed by atoms with E-state index in [1.54, 1.807) is 37.3 Å². The molecule has 0 aliphatic heterocycles. The Balaban J connectivity index is 1.64. The topological polar surface area (TPSA) is 110 Å². The molecule has 3 aromatic heterocycles. The highest BCUT2D eigenvalue weighted by Gasteiger charge is 2.21. The maximum atomic E-state index is 12.8. The molecule has 3 heterocycles. The third kappa shape index (κ3) is 3.11. The predicted octanol–water partition coefficient (Wildman–Crippen LogP) is 3.17. The number of benzene rings is 1. The van der Waals surface area contributed by atoms with Crippen molar-refractivity contribution in [2.45, 2.75) is 13.8 Å². The molecule has 28 heavy (non-hydrogen) atoms. The first-order valence-corrected chi connectivity index (χ1v) is 8.52. The summed E-state index contributed by atoms with van der Waals surface area (Å²) in [5, 5.41) is 4.35. The second kappa shape index (κ2) is 6.99. The van der Waals surface area contributed by atoms with Crippen molar-refractivity contribution in [1.82, 2.24) is 21.0 Å².